The lowest BCUT2D eigenvalue weighted by molar-refractivity contribution is -0.139. The summed E-state index contributed by atoms with van der Waals surface area (Å²) in [5, 5.41) is 3.91. The second-order valence-corrected chi connectivity index (χ2v) is 6.44. The average Bonchev–Trinajstić information content (AvgIpc) is 3.11. The molecule has 1 aliphatic rings. The zero-order chi connectivity index (χ0) is 18.5. The molecule has 148 valence electrons. The summed E-state index contributed by atoms with van der Waals surface area (Å²) in [7, 11) is 0. The number of nitrogens with two attached hydrogens (primary N) is 1. The standard InChI is InChI=1S/C18H25N5O3.ClH/c1-13-5-3-4-6-15(13)25-14(2)18(24)23-9-7-22(8-10-23)12-16-20-17(11-19)26-21-16;/h3-6,14H,7-12,19H2,1-2H3;1H. The molecule has 2 aromatic rings. The molecule has 1 fully saturated rings. The highest BCUT2D eigenvalue weighted by molar-refractivity contribution is 5.85. The number of halogens is 1. The highest BCUT2D eigenvalue weighted by atomic mass is 35.5. The summed E-state index contributed by atoms with van der Waals surface area (Å²) in [6.45, 7) is 7.44. The van der Waals surface area contributed by atoms with Crippen LogP contribution in [-0.4, -0.2) is 58.1 Å². The normalized spacial score (nSPS) is 15.9. The number of piperazine rings is 1. The van der Waals surface area contributed by atoms with Gasteiger partial charge in [0.1, 0.15) is 5.75 Å². The fraction of sp³-hybridized carbons (Fsp3) is 0.500. The van der Waals surface area contributed by atoms with Gasteiger partial charge in [0.2, 0.25) is 5.89 Å². The zero-order valence-electron chi connectivity index (χ0n) is 15.6. The Bertz CT molecular complexity index is 746. The third-order valence-corrected chi connectivity index (χ3v) is 4.48. The third kappa shape index (κ3) is 5.41. The van der Waals surface area contributed by atoms with Gasteiger partial charge < -0.3 is 19.9 Å². The lowest BCUT2D eigenvalue weighted by Gasteiger charge is -2.35. The Kier molecular flexibility index (Phi) is 7.58. The summed E-state index contributed by atoms with van der Waals surface area (Å²) in [6, 6.07) is 7.72. The molecule has 1 aromatic carbocycles. The number of carbonyl (C=O) groups excluding carboxylic acids is 1. The highest BCUT2D eigenvalue weighted by Gasteiger charge is 2.26. The lowest BCUT2D eigenvalue weighted by atomic mass is 10.2. The molecule has 2 N–H and O–H groups in total. The largest absolute Gasteiger partial charge is 0.481 e. The van der Waals surface area contributed by atoms with E-state index in [1.54, 1.807) is 6.92 Å². The zero-order valence-corrected chi connectivity index (χ0v) is 16.4. The number of hydrogen-bond donors (Lipinski definition) is 1. The van der Waals surface area contributed by atoms with E-state index in [0.717, 1.165) is 24.4 Å². The van der Waals surface area contributed by atoms with Gasteiger partial charge in [0, 0.05) is 26.2 Å². The van der Waals surface area contributed by atoms with Crippen molar-refractivity contribution in [2.45, 2.75) is 33.0 Å². The van der Waals surface area contributed by atoms with Gasteiger partial charge in [-0.15, -0.1) is 12.4 Å². The number of nitrogens with zero attached hydrogens (tertiary/aromatic N) is 4. The molecule has 0 aliphatic carbocycles. The Labute approximate surface area is 165 Å². The number of rotatable bonds is 6. The van der Waals surface area contributed by atoms with Crippen LogP contribution in [0.25, 0.3) is 0 Å². The first-order valence-electron chi connectivity index (χ1n) is 8.81. The van der Waals surface area contributed by atoms with Crippen LogP contribution in [0.1, 0.15) is 24.2 Å². The minimum atomic E-state index is -0.507. The molecular weight excluding hydrogens is 370 g/mol. The van der Waals surface area contributed by atoms with Crippen LogP contribution in [-0.2, 0) is 17.9 Å². The molecular formula is C18H26ClN5O3. The maximum atomic E-state index is 12.6. The molecule has 8 nitrogen and oxygen atoms in total. The van der Waals surface area contributed by atoms with E-state index in [0.29, 0.717) is 31.3 Å². The monoisotopic (exact) mass is 395 g/mol. The van der Waals surface area contributed by atoms with Crippen LogP contribution in [0.4, 0.5) is 0 Å². The van der Waals surface area contributed by atoms with Gasteiger partial charge in [0.15, 0.2) is 11.9 Å². The van der Waals surface area contributed by atoms with E-state index in [9.17, 15) is 4.79 Å². The molecule has 0 spiro atoms. The van der Waals surface area contributed by atoms with E-state index in [-0.39, 0.29) is 24.9 Å². The Hall–Kier alpha value is -2.16. The van der Waals surface area contributed by atoms with Gasteiger partial charge in [0.05, 0.1) is 13.1 Å². The summed E-state index contributed by atoms with van der Waals surface area (Å²) in [6.07, 6.45) is -0.507. The number of aromatic nitrogens is 2. The summed E-state index contributed by atoms with van der Waals surface area (Å²) in [5.74, 6) is 1.83. The van der Waals surface area contributed by atoms with E-state index in [2.05, 4.69) is 15.0 Å². The van der Waals surface area contributed by atoms with Crippen LogP contribution >= 0.6 is 12.4 Å². The SMILES string of the molecule is Cc1ccccc1OC(C)C(=O)N1CCN(Cc2noc(CN)n2)CC1.Cl. The van der Waals surface area contributed by atoms with E-state index < -0.39 is 6.10 Å². The van der Waals surface area contributed by atoms with Gasteiger partial charge in [0.25, 0.3) is 5.91 Å². The van der Waals surface area contributed by atoms with Gasteiger partial charge in [-0.1, -0.05) is 23.4 Å². The average molecular weight is 396 g/mol. The Balaban J connectivity index is 0.00000261. The molecule has 2 heterocycles. The fourth-order valence-electron chi connectivity index (χ4n) is 2.95. The molecule has 1 atom stereocenters. The first kappa shape index (κ1) is 21.1. The Morgan fingerprint density at radius 3 is 2.63 bits per heavy atom. The van der Waals surface area contributed by atoms with Crippen molar-refractivity contribution in [2.24, 2.45) is 5.73 Å². The van der Waals surface area contributed by atoms with Gasteiger partial charge in [-0.25, -0.2) is 0 Å². The van der Waals surface area contributed by atoms with Crippen LogP contribution in [0.5, 0.6) is 5.75 Å². The minimum absolute atomic E-state index is 0. The second kappa shape index (κ2) is 9.68. The molecule has 1 saturated heterocycles. The van der Waals surface area contributed by atoms with Crippen molar-refractivity contribution in [3.8, 4) is 5.75 Å². The molecule has 1 unspecified atom stereocenters. The molecule has 27 heavy (non-hydrogen) atoms. The first-order chi connectivity index (χ1) is 12.6. The van der Waals surface area contributed by atoms with Crippen molar-refractivity contribution < 1.29 is 14.1 Å². The van der Waals surface area contributed by atoms with Crippen LogP contribution in [0.2, 0.25) is 0 Å². The number of ether oxygens (including phenoxy) is 1. The predicted octanol–water partition coefficient (Wildman–Crippen LogP) is 1.37. The van der Waals surface area contributed by atoms with Gasteiger partial charge in [-0.2, -0.15) is 4.98 Å². The highest BCUT2D eigenvalue weighted by Crippen LogP contribution is 2.19. The van der Waals surface area contributed by atoms with Crippen LogP contribution in [0.3, 0.4) is 0 Å². The number of amides is 1. The van der Waals surface area contributed by atoms with Crippen molar-refractivity contribution in [1.29, 1.82) is 0 Å². The molecule has 1 amide bonds. The number of carbonyl (C=O) groups is 1. The summed E-state index contributed by atoms with van der Waals surface area (Å²) in [4.78, 5) is 20.9. The fourth-order valence-corrected chi connectivity index (χ4v) is 2.95. The van der Waals surface area contributed by atoms with E-state index in [1.807, 2.05) is 36.1 Å². The smallest absolute Gasteiger partial charge is 0.263 e. The summed E-state index contributed by atoms with van der Waals surface area (Å²) >= 11 is 0. The maximum Gasteiger partial charge on any atom is 0.263 e. The van der Waals surface area contributed by atoms with E-state index >= 15 is 0 Å². The van der Waals surface area contributed by atoms with Crippen LogP contribution in [0.15, 0.2) is 28.8 Å². The number of para-hydroxylation sites is 1. The minimum Gasteiger partial charge on any atom is -0.481 e. The summed E-state index contributed by atoms with van der Waals surface area (Å²) < 4.78 is 10.9. The van der Waals surface area contributed by atoms with E-state index in [4.69, 9.17) is 15.0 Å². The Morgan fingerprint density at radius 2 is 2.00 bits per heavy atom. The van der Waals surface area contributed by atoms with Crippen LogP contribution in [0, 0.1) is 6.92 Å². The number of hydrogen-bond acceptors (Lipinski definition) is 7. The maximum absolute atomic E-state index is 12.6. The molecule has 9 heteroatoms. The molecule has 0 saturated carbocycles. The topological polar surface area (TPSA) is 97.7 Å². The number of benzene rings is 1. The Morgan fingerprint density at radius 1 is 1.30 bits per heavy atom. The molecule has 1 aliphatic heterocycles. The molecule has 1 aromatic heterocycles. The van der Waals surface area contributed by atoms with Gasteiger partial charge >= 0.3 is 0 Å². The molecule has 0 radical (unpaired) electrons. The van der Waals surface area contributed by atoms with Crippen molar-refractivity contribution in [3.63, 3.8) is 0 Å². The predicted molar refractivity (Wildman–Crippen MR) is 103 cm³/mol. The van der Waals surface area contributed by atoms with Gasteiger partial charge in [-0.3, -0.25) is 9.69 Å². The first-order valence-corrected chi connectivity index (χ1v) is 8.81. The number of aryl methyl sites for hydroxylation is 1. The van der Waals surface area contributed by atoms with Crippen molar-refractivity contribution >= 4 is 18.3 Å². The van der Waals surface area contributed by atoms with Crippen molar-refractivity contribution in [2.75, 3.05) is 26.2 Å². The van der Waals surface area contributed by atoms with E-state index in [1.165, 1.54) is 0 Å². The molecule has 0 bridgehead atoms. The van der Waals surface area contributed by atoms with Gasteiger partial charge in [-0.05, 0) is 25.5 Å². The second-order valence-electron chi connectivity index (χ2n) is 6.44. The quantitative estimate of drug-likeness (QED) is 0.788. The van der Waals surface area contributed by atoms with Crippen molar-refractivity contribution in [1.82, 2.24) is 19.9 Å². The third-order valence-electron chi connectivity index (χ3n) is 4.48. The van der Waals surface area contributed by atoms with Crippen molar-refractivity contribution in [3.05, 3.63) is 41.5 Å². The van der Waals surface area contributed by atoms with Crippen LogP contribution < -0.4 is 10.5 Å². The molecule has 3 rings (SSSR count). The summed E-state index contributed by atoms with van der Waals surface area (Å²) in [5.41, 5.74) is 6.50. The lowest BCUT2D eigenvalue weighted by Crippen LogP contribution is -2.51.